The first-order valence-corrected chi connectivity index (χ1v) is 7.93. The molecule has 0 aliphatic rings. The van der Waals surface area contributed by atoms with Crippen LogP contribution in [0.1, 0.15) is 11.1 Å². The SMILES string of the molecule is ClCC(Cc1cccc(Cl)c1)Cc1ccccc1Br. The van der Waals surface area contributed by atoms with Crippen molar-refractivity contribution in [2.24, 2.45) is 5.92 Å². The van der Waals surface area contributed by atoms with Gasteiger partial charge in [0, 0.05) is 15.4 Å². The second-order valence-electron chi connectivity index (χ2n) is 4.65. The molecular weight excluding hydrogens is 343 g/mol. The third-order valence-corrected chi connectivity index (χ3v) is 4.54. The largest absolute Gasteiger partial charge is 0.126 e. The fraction of sp³-hybridized carbons (Fsp3) is 0.250. The summed E-state index contributed by atoms with van der Waals surface area (Å²) >= 11 is 15.7. The highest BCUT2D eigenvalue weighted by Gasteiger charge is 2.11. The van der Waals surface area contributed by atoms with E-state index < -0.39 is 0 Å². The first kappa shape index (κ1) is 14.9. The van der Waals surface area contributed by atoms with Crippen LogP contribution in [-0.4, -0.2) is 5.88 Å². The molecule has 100 valence electrons. The van der Waals surface area contributed by atoms with E-state index in [1.165, 1.54) is 11.1 Å². The Morgan fingerprint density at radius 1 is 1.00 bits per heavy atom. The van der Waals surface area contributed by atoms with Gasteiger partial charge in [-0.15, -0.1) is 11.6 Å². The van der Waals surface area contributed by atoms with Crippen LogP contribution in [0.3, 0.4) is 0 Å². The lowest BCUT2D eigenvalue weighted by Crippen LogP contribution is -2.10. The third kappa shape index (κ3) is 4.52. The van der Waals surface area contributed by atoms with Crippen LogP contribution in [0.25, 0.3) is 0 Å². The minimum Gasteiger partial charge on any atom is -0.126 e. The van der Waals surface area contributed by atoms with E-state index in [1.807, 2.05) is 24.3 Å². The van der Waals surface area contributed by atoms with Gasteiger partial charge in [-0.25, -0.2) is 0 Å². The predicted molar refractivity (Wildman–Crippen MR) is 87.2 cm³/mol. The Morgan fingerprint density at radius 2 is 1.79 bits per heavy atom. The van der Waals surface area contributed by atoms with E-state index in [1.54, 1.807) is 0 Å². The lowest BCUT2D eigenvalue weighted by atomic mass is 9.94. The summed E-state index contributed by atoms with van der Waals surface area (Å²) in [5, 5.41) is 0.784. The quantitative estimate of drug-likeness (QED) is 0.598. The van der Waals surface area contributed by atoms with Crippen molar-refractivity contribution in [2.45, 2.75) is 12.8 Å². The van der Waals surface area contributed by atoms with Crippen LogP contribution in [0.5, 0.6) is 0 Å². The fourth-order valence-corrected chi connectivity index (χ4v) is 3.03. The Hall–Kier alpha value is -0.500. The molecule has 1 unspecified atom stereocenters. The van der Waals surface area contributed by atoms with Gasteiger partial charge in [-0.2, -0.15) is 0 Å². The van der Waals surface area contributed by atoms with Crippen molar-refractivity contribution in [1.29, 1.82) is 0 Å². The van der Waals surface area contributed by atoms with Crippen molar-refractivity contribution in [1.82, 2.24) is 0 Å². The topological polar surface area (TPSA) is 0 Å². The summed E-state index contributed by atoms with van der Waals surface area (Å²) in [6.45, 7) is 0. The molecule has 19 heavy (non-hydrogen) atoms. The van der Waals surface area contributed by atoms with Gasteiger partial charge in [0.15, 0.2) is 0 Å². The molecule has 0 aliphatic carbocycles. The molecule has 2 aromatic rings. The van der Waals surface area contributed by atoms with Gasteiger partial charge in [-0.1, -0.05) is 57.9 Å². The molecule has 0 radical (unpaired) electrons. The molecule has 0 bridgehead atoms. The maximum atomic E-state index is 6.11. The van der Waals surface area contributed by atoms with Gasteiger partial charge in [0.1, 0.15) is 0 Å². The van der Waals surface area contributed by atoms with E-state index in [2.05, 4.69) is 40.2 Å². The molecule has 3 heteroatoms. The summed E-state index contributed by atoms with van der Waals surface area (Å²) in [5.74, 6) is 1.06. The monoisotopic (exact) mass is 356 g/mol. The minimum absolute atomic E-state index is 0.416. The fourth-order valence-electron chi connectivity index (χ4n) is 2.15. The molecule has 0 aliphatic heterocycles. The second-order valence-corrected chi connectivity index (χ2v) is 6.25. The Balaban J connectivity index is 2.07. The zero-order valence-corrected chi connectivity index (χ0v) is 13.5. The molecule has 0 N–H and O–H groups in total. The Labute approximate surface area is 132 Å². The van der Waals surface area contributed by atoms with Crippen LogP contribution >= 0.6 is 39.1 Å². The van der Waals surface area contributed by atoms with E-state index in [-0.39, 0.29) is 0 Å². The maximum Gasteiger partial charge on any atom is 0.0408 e. The summed E-state index contributed by atoms with van der Waals surface area (Å²) < 4.78 is 1.15. The maximum absolute atomic E-state index is 6.11. The van der Waals surface area contributed by atoms with Crippen LogP contribution in [0, 0.1) is 5.92 Å². The van der Waals surface area contributed by atoms with Gasteiger partial charge in [0.05, 0.1) is 0 Å². The number of hydrogen-bond donors (Lipinski definition) is 0. The van der Waals surface area contributed by atoms with E-state index in [0.29, 0.717) is 11.8 Å². The van der Waals surface area contributed by atoms with Crippen molar-refractivity contribution in [3.8, 4) is 0 Å². The molecule has 0 amide bonds. The zero-order chi connectivity index (χ0) is 13.7. The zero-order valence-electron chi connectivity index (χ0n) is 10.5. The summed E-state index contributed by atoms with van der Waals surface area (Å²) in [7, 11) is 0. The van der Waals surface area contributed by atoms with Crippen molar-refractivity contribution in [2.75, 3.05) is 5.88 Å². The van der Waals surface area contributed by atoms with Gasteiger partial charge in [-0.3, -0.25) is 0 Å². The minimum atomic E-state index is 0.416. The molecule has 1 atom stereocenters. The van der Waals surface area contributed by atoms with E-state index in [0.717, 1.165) is 22.3 Å². The first-order valence-electron chi connectivity index (χ1n) is 6.23. The average Bonchev–Trinajstić information content (AvgIpc) is 2.40. The van der Waals surface area contributed by atoms with Crippen LogP contribution < -0.4 is 0 Å². The lowest BCUT2D eigenvalue weighted by Gasteiger charge is -2.15. The van der Waals surface area contributed by atoms with Crippen molar-refractivity contribution in [3.63, 3.8) is 0 Å². The molecule has 0 saturated heterocycles. The van der Waals surface area contributed by atoms with Crippen LogP contribution in [0.4, 0.5) is 0 Å². The summed E-state index contributed by atoms with van der Waals surface area (Å²) in [6.07, 6.45) is 1.92. The Morgan fingerprint density at radius 3 is 2.47 bits per heavy atom. The van der Waals surface area contributed by atoms with Gasteiger partial charge in [0.25, 0.3) is 0 Å². The lowest BCUT2D eigenvalue weighted by molar-refractivity contribution is 0.583. The molecule has 0 aromatic heterocycles. The first-order chi connectivity index (χ1) is 9.19. The highest BCUT2D eigenvalue weighted by molar-refractivity contribution is 9.10. The number of benzene rings is 2. The number of halogens is 3. The molecule has 2 aromatic carbocycles. The molecule has 0 heterocycles. The average molecular weight is 358 g/mol. The van der Waals surface area contributed by atoms with Crippen molar-refractivity contribution in [3.05, 3.63) is 69.2 Å². The van der Waals surface area contributed by atoms with Crippen LogP contribution in [-0.2, 0) is 12.8 Å². The Bertz CT molecular complexity index is 540. The van der Waals surface area contributed by atoms with Crippen LogP contribution in [0.15, 0.2) is 53.0 Å². The highest BCUT2D eigenvalue weighted by Crippen LogP contribution is 2.23. The smallest absolute Gasteiger partial charge is 0.0408 e. The molecule has 0 spiro atoms. The molecule has 0 nitrogen and oxygen atoms in total. The molecule has 2 rings (SSSR count). The summed E-state index contributed by atoms with van der Waals surface area (Å²) in [4.78, 5) is 0. The molecular formula is C16H15BrCl2. The van der Waals surface area contributed by atoms with E-state index >= 15 is 0 Å². The number of rotatable bonds is 5. The predicted octanol–water partition coefficient (Wildman–Crippen LogP) is 5.74. The number of alkyl halides is 1. The van der Waals surface area contributed by atoms with Gasteiger partial charge in [-0.05, 0) is 48.1 Å². The van der Waals surface area contributed by atoms with Gasteiger partial charge >= 0.3 is 0 Å². The van der Waals surface area contributed by atoms with Gasteiger partial charge in [0.2, 0.25) is 0 Å². The number of hydrogen-bond acceptors (Lipinski definition) is 0. The third-order valence-electron chi connectivity index (χ3n) is 3.10. The summed E-state index contributed by atoms with van der Waals surface area (Å²) in [6, 6.07) is 16.3. The van der Waals surface area contributed by atoms with E-state index in [4.69, 9.17) is 23.2 Å². The van der Waals surface area contributed by atoms with E-state index in [9.17, 15) is 0 Å². The van der Waals surface area contributed by atoms with Gasteiger partial charge < -0.3 is 0 Å². The van der Waals surface area contributed by atoms with Crippen molar-refractivity contribution < 1.29 is 0 Å². The molecule has 0 fully saturated rings. The van der Waals surface area contributed by atoms with Crippen molar-refractivity contribution >= 4 is 39.1 Å². The standard InChI is InChI=1S/C16H15BrCl2/c17-16-7-2-1-5-14(16)9-13(11-18)8-12-4-3-6-15(19)10-12/h1-7,10,13H,8-9,11H2. The van der Waals surface area contributed by atoms with Crippen LogP contribution in [0.2, 0.25) is 5.02 Å². The normalized spacial score (nSPS) is 12.4. The Kier molecular flexibility index (Phi) is 5.75. The second kappa shape index (κ2) is 7.33. The highest BCUT2D eigenvalue weighted by atomic mass is 79.9. The summed E-state index contributed by atoms with van der Waals surface area (Å²) in [5.41, 5.74) is 2.54. The molecule has 0 saturated carbocycles.